The van der Waals surface area contributed by atoms with E-state index >= 15 is 0 Å². The van der Waals surface area contributed by atoms with Gasteiger partial charge >= 0.3 is 0 Å². The Morgan fingerprint density at radius 2 is 2.36 bits per heavy atom. The second-order valence-electron chi connectivity index (χ2n) is 2.16. The molecule has 1 heterocycles. The van der Waals surface area contributed by atoms with Crippen LogP contribution in [0.3, 0.4) is 0 Å². The van der Waals surface area contributed by atoms with Crippen LogP contribution in [-0.4, -0.2) is 27.5 Å². The molecule has 0 radical (unpaired) electrons. The Labute approximate surface area is 65.1 Å². The summed E-state index contributed by atoms with van der Waals surface area (Å²) in [6.45, 7) is 1.35. The van der Waals surface area contributed by atoms with E-state index in [2.05, 4.69) is 10.3 Å². The van der Waals surface area contributed by atoms with Crippen LogP contribution in [0.2, 0.25) is 0 Å². The Bertz CT molecular complexity index is 257. The maximum Gasteiger partial charge on any atom is 0.298 e. The zero-order valence-electron chi connectivity index (χ0n) is 5.87. The minimum Gasteiger partial charge on any atom is -0.355 e. The highest BCUT2D eigenvalue weighted by molar-refractivity contribution is 7.87. The van der Waals surface area contributed by atoms with Crippen LogP contribution in [-0.2, 0) is 10.2 Å². The second kappa shape index (κ2) is 3.05. The van der Waals surface area contributed by atoms with Crippen molar-refractivity contribution in [1.29, 1.82) is 0 Å². The highest BCUT2D eigenvalue weighted by Gasteiger charge is 2.08. The SMILES string of the molecule is NS(=O)(=O)NC1=NCCCN1. The van der Waals surface area contributed by atoms with Crippen molar-refractivity contribution >= 4 is 16.2 Å². The molecule has 1 aliphatic rings. The van der Waals surface area contributed by atoms with Crippen molar-refractivity contribution < 1.29 is 8.42 Å². The van der Waals surface area contributed by atoms with Gasteiger partial charge in [-0.2, -0.15) is 8.42 Å². The summed E-state index contributed by atoms with van der Waals surface area (Å²) >= 11 is 0. The first-order valence-corrected chi connectivity index (χ1v) is 4.71. The molecule has 0 unspecified atom stereocenters. The van der Waals surface area contributed by atoms with E-state index in [1.807, 2.05) is 4.72 Å². The molecule has 0 aromatic rings. The van der Waals surface area contributed by atoms with E-state index in [-0.39, 0.29) is 5.96 Å². The van der Waals surface area contributed by atoms with E-state index in [1.54, 1.807) is 0 Å². The molecule has 0 atom stereocenters. The molecule has 0 saturated heterocycles. The lowest BCUT2D eigenvalue weighted by Gasteiger charge is -2.13. The molecule has 0 saturated carbocycles. The molecule has 0 aromatic carbocycles. The number of aliphatic imine (C=N–C) groups is 1. The van der Waals surface area contributed by atoms with E-state index in [0.717, 1.165) is 13.0 Å². The molecule has 11 heavy (non-hydrogen) atoms. The number of hydrogen-bond donors (Lipinski definition) is 3. The normalized spacial score (nSPS) is 18.5. The number of hydrogen-bond acceptors (Lipinski definition) is 4. The van der Waals surface area contributed by atoms with Gasteiger partial charge in [-0.25, -0.2) is 9.86 Å². The van der Waals surface area contributed by atoms with Crippen LogP contribution >= 0.6 is 0 Å². The van der Waals surface area contributed by atoms with Gasteiger partial charge in [0.05, 0.1) is 0 Å². The minimum absolute atomic E-state index is 0.235. The van der Waals surface area contributed by atoms with Crippen LogP contribution in [0.25, 0.3) is 0 Å². The zero-order chi connectivity index (χ0) is 8.32. The van der Waals surface area contributed by atoms with Gasteiger partial charge in [0.25, 0.3) is 10.2 Å². The summed E-state index contributed by atoms with van der Waals surface area (Å²) in [6.07, 6.45) is 0.912. The molecule has 0 aromatic heterocycles. The van der Waals surface area contributed by atoms with E-state index in [9.17, 15) is 8.42 Å². The molecule has 0 fully saturated rings. The molecular formula is C4H10N4O2S. The minimum atomic E-state index is -3.67. The summed E-state index contributed by atoms with van der Waals surface area (Å²) in [7, 11) is -3.67. The van der Waals surface area contributed by atoms with Crippen molar-refractivity contribution in [2.24, 2.45) is 10.1 Å². The van der Waals surface area contributed by atoms with Gasteiger partial charge in [-0.15, -0.1) is 0 Å². The zero-order valence-corrected chi connectivity index (χ0v) is 6.69. The van der Waals surface area contributed by atoms with Gasteiger partial charge in [0.2, 0.25) is 5.96 Å². The van der Waals surface area contributed by atoms with Gasteiger partial charge in [-0.05, 0) is 6.42 Å². The molecule has 0 amide bonds. The monoisotopic (exact) mass is 178 g/mol. The third-order valence-corrected chi connectivity index (χ3v) is 1.61. The van der Waals surface area contributed by atoms with Crippen LogP contribution in [0.15, 0.2) is 4.99 Å². The van der Waals surface area contributed by atoms with Crippen molar-refractivity contribution in [3.05, 3.63) is 0 Å². The standard InChI is InChI=1S/C4H10N4O2S/c5-11(9,10)8-4-6-2-1-3-7-4/h1-3H2,(H2,5,9,10)(H2,6,7,8). The lowest BCUT2D eigenvalue weighted by atomic mass is 10.4. The molecule has 0 bridgehead atoms. The van der Waals surface area contributed by atoms with Crippen molar-refractivity contribution in [1.82, 2.24) is 10.0 Å². The first-order valence-electron chi connectivity index (χ1n) is 3.17. The second-order valence-corrected chi connectivity index (χ2v) is 3.45. The fourth-order valence-electron chi connectivity index (χ4n) is 0.736. The lowest BCUT2D eigenvalue weighted by molar-refractivity contribution is 0.592. The molecule has 0 spiro atoms. The summed E-state index contributed by atoms with van der Waals surface area (Å²) < 4.78 is 22.9. The average Bonchev–Trinajstić information content (AvgIpc) is 1.85. The van der Waals surface area contributed by atoms with Crippen molar-refractivity contribution in [2.45, 2.75) is 6.42 Å². The smallest absolute Gasteiger partial charge is 0.298 e. The van der Waals surface area contributed by atoms with Crippen molar-refractivity contribution in [3.63, 3.8) is 0 Å². The van der Waals surface area contributed by atoms with E-state index in [4.69, 9.17) is 5.14 Å². The summed E-state index contributed by atoms with van der Waals surface area (Å²) in [5.41, 5.74) is 0. The van der Waals surface area contributed by atoms with Gasteiger partial charge in [-0.3, -0.25) is 4.99 Å². The number of nitrogens with zero attached hydrogens (tertiary/aromatic N) is 1. The van der Waals surface area contributed by atoms with Gasteiger partial charge < -0.3 is 5.32 Å². The molecule has 0 aliphatic carbocycles. The largest absolute Gasteiger partial charge is 0.355 e. The first kappa shape index (κ1) is 8.28. The first-order chi connectivity index (χ1) is 5.08. The Kier molecular flexibility index (Phi) is 2.30. The molecule has 1 aliphatic heterocycles. The Morgan fingerprint density at radius 1 is 1.64 bits per heavy atom. The van der Waals surface area contributed by atoms with Gasteiger partial charge in [0, 0.05) is 13.1 Å². The predicted octanol–water partition coefficient (Wildman–Crippen LogP) is -1.87. The number of guanidine groups is 1. The number of rotatable bonds is 1. The third kappa shape index (κ3) is 3.19. The predicted molar refractivity (Wildman–Crippen MR) is 41.2 cm³/mol. The van der Waals surface area contributed by atoms with Crippen LogP contribution in [0.4, 0.5) is 0 Å². The summed E-state index contributed by atoms with van der Waals surface area (Å²) in [5.74, 6) is 0.235. The maximum absolute atomic E-state index is 10.4. The Balaban J connectivity index is 2.55. The van der Waals surface area contributed by atoms with Gasteiger partial charge in [0.1, 0.15) is 0 Å². The Morgan fingerprint density at radius 3 is 2.82 bits per heavy atom. The van der Waals surface area contributed by atoms with Crippen molar-refractivity contribution in [2.75, 3.05) is 13.1 Å². The highest BCUT2D eigenvalue weighted by atomic mass is 32.2. The summed E-state index contributed by atoms with van der Waals surface area (Å²) in [6, 6.07) is 0. The molecular weight excluding hydrogens is 168 g/mol. The van der Waals surface area contributed by atoms with E-state index < -0.39 is 10.2 Å². The van der Waals surface area contributed by atoms with Crippen LogP contribution < -0.4 is 15.2 Å². The fraction of sp³-hybridized carbons (Fsp3) is 0.750. The number of nitrogens with two attached hydrogens (primary N) is 1. The number of nitrogens with one attached hydrogen (secondary N) is 2. The van der Waals surface area contributed by atoms with Gasteiger partial charge in [0.15, 0.2) is 0 Å². The molecule has 1 rings (SSSR count). The topological polar surface area (TPSA) is 96.6 Å². The van der Waals surface area contributed by atoms with Crippen LogP contribution in [0, 0.1) is 0 Å². The Hall–Kier alpha value is -0.820. The average molecular weight is 178 g/mol. The van der Waals surface area contributed by atoms with Crippen LogP contribution in [0.1, 0.15) is 6.42 Å². The molecule has 64 valence electrons. The lowest BCUT2D eigenvalue weighted by Crippen LogP contribution is -2.46. The third-order valence-electron chi connectivity index (χ3n) is 1.14. The molecule has 6 nitrogen and oxygen atoms in total. The van der Waals surface area contributed by atoms with E-state index in [1.165, 1.54) is 0 Å². The fourth-order valence-corrected chi connectivity index (χ4v) is 1.14. The quantitative estimate of drug-likeness (QED) is 0.439. The van der Waals surface area contributed by atoms with Crippen molar-refractivity contribution in [3.8, 4) is 0 Å². The highest BCUT2D eigenvalue weighted by Crippen LogP contribution is 1.86. The van der Waals surface area contributed by atoms with Gasteiger partial charge in [-0.1, -0.05) is 0 Å². The molecule has 4 N–H and O–H groups in total. The summed E-state index contributed by atoms with van der Waals surface area (Å²) in [5, 5.41) is 7.46. The van der Waals surface area contributed by atoms with E-state index in [0.29, 0.717) is 6.54 Å². The summed E-state index contributed by atoms with van der Waals surface area (Å²) in [4.78, 5) is 3.85. The maximum atomic E-state index is 10.4. The van der Waals surface area contributed by atoms with Crippen LogP contribution in [0.5, 0.6) is 0 Å². The molecule has 7 heteroatoms.